The molecule has 0 atom stereocenters. The van der Waals surface area contributed by atoms with Gasteiger partial charge in [-0.1, -0.05) is 6.07 Å². The van der Waals surface area contributed by atoms with E-state index in [-0.39, 0.29) is 11.3 Å². The van der Waals surface area contributed by atoms with E-state index in [1.165, 1.54) is 13.2 Å². The Morgan fingerprint density at radius 3 is 2.35 bits per heavy atom. The molecule has 0 amide bonds. The standard InChI is InChI=1S/C13H16F2O2/c1-8-4-5-9(12(2,14)15)11(17-3)10(8)13(16)6-7-13/h4-5,16H,6-7H2,1-3H3. The van der Waals surface area contributed by atoms with Gasteiger partial charge in [0, 0.05) is 12.5 Å². The highest BCUT2D eigenvalue weighted by Gasteiger charge is 2.47. The molecule has 1 fully saturated rings. The molecule has 0 heterocycles. The molecule has 2 rings (SSSR count). The van der Waals surface area contributed by atoms with Gasteiger partial charge in [-0.2, -0.15) is 0 Å². The molecule has 1 N–H and O–H groups in total. The van der Waals surface area contributed by atoms with Crippen LogP contribution in [0.4, 0.5) is 8.78 Å². The van der Waals surface area contributed by atoms with Gasteiger partial charge in [0.1, 0.15) is 5.75 Å². The number of methoxy groups -OCH3 is 1. The molecule has 94 valence electrons. The number of benzene rings is 1. The lowest BCUT2D eigenvalue weighted by atomic mass is 9.95. The summed E-state index contributed by atoms with van der Waals surface area (Å²) in [6, 6.07) is 2.98. The third-order valence-corrected chi connectivity index (χ3v) is 3.23. The Morgan fingerprint density at radius 1 is 1.35 bits per heavy atom. The lowest BCUT2D eigenvalue weighted by Gasteiger charge is -2.22. The number of aryl methyl sites for hydroxylation is 1. The van der Waals surface area contributed by atoms with Crippen LogP contribution in [0.5, 0.6) is 5.75 Å². The minimum atomic E-state index is -2.97. The summed E-state index contributed by atoms with van der Waals surface area (Å²) in [5.74, 6) is -2.85. The molecule has 0 bridgehead atoms. The molecule has 17 heavy (non-hydrogen) atoms. The first-order valence-electron chi connectivity index (χ1n) is 5.58. The molecular formula is C13H16F2O2. The SMILES string of the molecule is COc1c(C(C)(F)F)ccc(C)c1C1(O)CC1. The molecule has 0 aromatic heterocycles. The zero-order valence-corrected chi connectivity index (χ0v) is 10.2. The van der Waals surface area contributed by atoms with Crippen molar-refractivity contribution in [3.8, 4) is 5.75 Å². The first-order chi connectivity index (χ1) is 7.79. The summed E-state index contributed by atoms with van der Waals surface area (Å²) in [7, 11) is 1.36. The predicted octanol–water partition coefficient (Wildman–Crippen LogP) is 3.10. The molecule has 0 unspecified atom stereocenters. The Kier molecular flexibility index (Phi) is 2.65. The third kappa shape index (κ3) is 2.02. The number of halogens is 2. The normalized spacial score (nSPS) is 18.0. The van der Waals surface area contributed by atoms with Crippen molar-refractivity contribution < 1.29 is 18.6 Å². The van der Waals surface area contributed by atoms with E-state index in [9.17, 15) is 13.9 Å². The topological polar surface area (TPSA) is 29.5 Å². The van der Waals surface area contributed by atoms with Crippen molar-refractivity contribution in [2.45, 2.75) is 38.2 Å². The molecule has 1 aromatic rings. The van der Waals surface area contributed by atoms with Crippen LogP contribution in [0.25, 0.3) is 0 Å². The Labute approximate surface area is 99.2 Å². The van der Waals surface area contributed by atoms with E-state index in [0.717, 1.165) is 12.5 Å². The summed E-state index contributed by atoms with van der Waals surface area (Å²) in [5.41, 5.74) is 0.159. The molecule has 0 radical (unpaired) electrons. The first-order valence-corrected chi connectivity index (χ1v) is 5.58. The highest BCUT2D eigenvalue weighted by molar-refractivity contribution is 5.52. The van der Waals surface area contributed by atoms with Crippen LogP contribution in [0, 0.1) is 6.92 Å². The van der Waals surface area contributed by atoms with Crippen molar-refractivity contribution in [2.75, 3.05) is 7.11 Å². The van der Waals surface area contributed by atoms with E-state index in [1.807, 2.05) is 0 Å². The molecule has 1 aliphatic rings. The van der Waals surface area contributed by atoms with Crippen molar-refractivity contribution >= 4 is 0 Å². The van der Waals surface area contributed by atoms with Crippen molar-refractivity contribution in [2.24, 2.45) is 0 Å². The van der Waals surface area contributed by atoms with Crippen molar-refractivity contribution in [3.05, 3.63) is 28.8 Å². The summed E-state index contributed by atoms with van der Waals surface area (Å²) < 4.78 is 32.0. The summed E-state index contributed by atoms with van der Waals surface area (Å²) in [6.45, 7) is 2.63. The van der Waals surface area contributed by atoms with Crippen LogP contribution < -0.4 is 4.74 Å². The maximum atomic E-state index is 13.5. The van der Waals surface area contributed by atoms with E-state index in [2.05, 4.69) is 0 Å². The second-order valence-corrected chi connectivity index (χ2v) is 4.76. The average Bonchev–Trinajstić information content (AvgIpc) is 2.94. The molecule has 1 aromatic carbocycles. The fourth-order valence-electron chi connectivity index (χ4n) is 2.19. The predicted molar refractivity (Wildman–Crippen MR) is 60.4 cm³/mol. The summed E-state index contributed by atoms with van der Waals surface area (Å²) in [6.07, 6.45) is 1.20. The molecule has 2 nitrogen and oxygen atoms in total. The summed E-state index contributed by atoms with van der Waals surface area (Å²) in [4.78, 5) is 0. The highest BCUT2D eigenvalue weighted by Crippen LogP contribution is 2.52. The van der Waals surface area contributed by atoms with Crippen LogP contribution >= 0.6 is 0 Å². The number of hydrogen-bond acceptors (Lipinski definition) is 2. The largest absolute Gasteiger partial charge is 0.496 e. The van der Waals surface area contributed by atoms with Gasteiger partial charge in [-0.15, -0.1) is 0 Å². The van der Waals surface area contributed by atoms with E-state index < -0.39 is 11.5 Å². The lowest BCUT2D eigenvalue weighted by Crippen LogP contribution is -2.15. The van der Waals surface area contributed by atoms with Crippen LogP contribution in [0.1, 0.15) is 36.5 Å². The highest BCUT2D eigenvalue weighted by atomic mass is 19.3. The van der Waals surface area contributed by atoms with Crippen molar-refractivity contribution in [1.29, 1.82) is 0 Å². The Morgan fingerprint density at radius 2 is 1.94 bits per heavy atom. The van der Waals surface area contributed by atoms with E-state index in [0.29, 0.717) is 18.4 Å². The average molecular weight is 242 g/mol. The molecule has 0 spiro atoms. The van der Waals surface area contributed by atoms with Gasteiger partial charge in [0.15, 0.2) is 0 Å². The lowest BCUT2D eigenvalue weighted by molar-refractivity contribution is 0.0145. The van der Waals surface area contributed by atoms with Gasteiger partial charge >= 0.3 is 0 Å². The van der Waals surface area contributed by atoms with Crippen LogP contribution in [0.2, 0.25) is 0 Å². The zero-order chi connectivity index (χ0) is 12.8. The Hall–Kier alpha value is -1.16. The Bertz CT molecular complexity index is 445. The summed E-state index contributed by atoms with van der Waals surface area (Å²) >= 11 is 0. The third-order valence-electron chi connectivity index (χ3n) is 3.23. The number of hydrogen-bond donors (Lipinski definition) is 1. The van der Waals surface area contributed by atoms with Crippen LogP contribution in [-0.4, -0.2) is 12.2 Å². The second kappa shape index (κ2) is 3.67. The van der Waals surface area contributed by atoms with Crippen molar-refractivity contribution in [3.63, 3.8) is 0 Å². The smallest absolute Gasteiger partial charge is 0.274 e. The minimum absolute atomic E-state index is 0.123. The monoisotopic (exact) mass is 242 g/mol. The quantitative estimate of drug-likeness (QED) is 0.882. The maximum Gasteiger partial charge on any atom is 0.274 e. The molecule has 1 aliphatic carbocycles. The van der Waals surface area contributed by atoms with Gasteiger partial charge in [0.05, 0.1) is 18.3 Å². The van der Waals surface area contributed by atoms with Gasteiger partial charge in [0.2, 0.25) is 0 Å². The molecule has 4 heteroatoms. The van der Waals surface area contributed by atoms with Gasteiger partial charge in [0.25, 0.3) is 5.92 Å². The van der Waals surface area contributed by atoms with Gasteiger partial charge in [-0.05, 0) is 31.4 Å². The number of alkyl halides is 2. The summed E-state index contributed by atoms with van der Waals surface area (Å²) in [5, 5.41) is 10.2. The number of rotatable bonds is 3. The van der Waals surface area contributed by atoms with E-state index in [1.54, 1.807) is 13.0 Å². The minimum Gasteiger partial charge on any atom is -0.496 e. The fourth-order valence-corrected chi connectivity index (χ4v) is 2.19. The number of ether oxygens (including phenoxy) is 1. The number of aliphatic hydroxyl groups is 1. The van der Waals surface area contributed by atoms with Gasteiger partial charge < -0.3 is 9.84 Å². The van der Waals surface area contributed by atoms with E-state index >= 15 is 0 Å². The second-order valence-electron chi connectivity index (χ2n) is 4.76. The molecule has 0 saturated heterocycles. The first kappa shape index (κ1) is 12.3. The van der Waals surface area contributed by atoms with Gasteiger partial charge in [-0.25, -0.2) is 8.78 Å². The molecule has 1 saturated carbocycles. The van der Waals surface area contributed by atoms with Crippen LogP contribution in [0.3, 0.4) is 0 Å². The maximum absolute atomic E-state index is 13.5. The van der Waals surface area contributed by atoms with Crippen molar-refractivity contribution in [1.82, 2.24) is 0 Å². The fraction of sp³-hybridized carbons (Fsp3) is 0.538. The van der Waals surface area contributed by atoms with Crippen LogP contribution in [-0.2, 0) is 11.5 Å². The molecular weight excluding hydrogens is 226 g/mol. The Balaban J connectivity index is 2.65. The zero-order valence-electron chi connectivity index (χ0n) is 10.2. The van der Waals surface area contributed by atoms with Gasteiger partial charge in [-0.3, -0.25) is 0 Å². The molecule has 0 aliphatic heterocycles. The van der Waals surface area contributed by atoms with E-state index in [4.69, 9.17) is 4.74 Å². The van der Waals surface area contributed by atoms with Crippen LogP contribution in [0.15, 0.2) is 12.1 Å².